The van der Waals surface area contributed by atoms with E-state index in [9.17, 15) is 4.79 Å². The van der Waals surface area contributed by atoms with Crippen molar-refractivity contribution in [2.75, 3.05) is 11.9 Å². The van der Waals surface area contributed by atoms with Crippen molar-refractivity contribution in [2.24, 2.45) is 0 Å². The summed E-state index contributed by atoms with van der Waals surface area (Å²) >= 11 is 7.30. The number of nitrogens with one attached hydrogen (secondary N) is 1. The minimum Gasteiger partial charge on any atom is -0.385 e. The smallest absolute Gasteiger partial charge is 0.289 e. The van der Waals surface area contributed by atoms with Crippen LogP contribution in [0.15, 0.2) is 47.5 Å². The summed E-state index contributed by atoms with van der Waals surface area (Å²) in [5.41, 5.74) is 1.50. The number of benzene rings is 1. The normalized spacial score (nSPS) is 11.2. The molecule has 0 aliphatic heterocycles. The molecule has 1 N–H and O–H groups in total. The van der Waals surface area contributed by atoms with Gasteiger partial charge in [-0.3, -0.25) is 4.79 Å². The molecule has 0 saturated carbocycles. The number of hydrogen-bond donors (Lipinski definition) is 1. The summed E-state index contributed by atoms with van der Waals surface area (Å²) < 4.78 is 2.04. The molecule has 7 heteroatoms. The number of nitrogens with zero attached hydrogens (tertiary/aromatic N) is 3. The third-order valence-corrected chi connectivity index (χ3v) is 5.11. The molecule has 5 nitrogen and oxygen atoms in total. The van der Waals surface area contributed by atoms with Crippen LogP contribution in [-0.4, -0.2) is 21.3 Å². The summed E-state index contributed by atoms with van der Waals surface area (Å²) in [4.78, 5) is 18.1. The molecule has 24 heavy (non-hydrogen) atoms. The number of halogens is 1. The lowest BCUT2D eigenvalue weighted by Crippen LogP contribution is -2.19. The van der Waals surface area contributed by atoms with Crippen molar-refractivity contribution in [1.82, 2.24) is 14.8 Å². The van der Waals surface area contributed by atoms with Gasteiger partial charge in [0.2, 0.25) is 0 Å². The Kier molecular flexibility index (Phi) is 3.70. The number of aromatic nitrogens is 3. The van der Waals surface area contributed by atoms with E-state index in [2.05, 4.69) is 15.4 Å². The van der Waals surface area contributed by atoms with E-state index < -0.39 is 0 Å². The maximum Gasteiger partial charge on any atom is 0.289 e. The lowest BCUT2D eigenvalue weighted by Gasteiger charge is -2.06. The van der Waals surface area contributed by atoms with Crippen LogP contribution < -0.4 is 10.9 Å². The Balaban J connectivity index is 2.00. The molecule has 3 aromatic heterocycles. The van der Waals surface area contributed by atoms with Crippen molar-refractivity contribution < 1.29 is 0 Å². The lowest BCUT2D eigenvalue weighted by molar-refractivity contribution is 0.823. The van der Waals surface area contributed by atoms with Gasteiger partial charge >= 0.3 is 0 Å². The second-order valence-corrected chi connectivity index (χ2v) is 6.69. The summed E-state index contributed by atoms with van der Waals surface area (Å²) in [6, 6.07) is 8.95. The molecule has 4 aromatic rings. The first-order chi connectivity index (χ1) is 11.7. The van der Waals surface area contributed by atoms with Gasteiger partial charge in [-0.15, -0.1) is 11.3 Å². The number of fused-ring (bicyclic) bond motifs is 3. The van der Waals surface area contributed by atoms with Gasteiger partial charge in [0.15, 0.2) is 0 Å². The first-order valence-electron chi connectivity index (χ1n) is 7.48. The maximum atomic E-state index is 12.9. The molecular weight excluding hydrogens is 344 g/mol. The Morgan fingerprint density at radius 3 is 2.79 bits per heavy atom. The molecule has 0 bridgehead atoms. The quantitative estimate of drug-likeness (QED) is 0.601. The number of anilines is 1. The van der Waals surface area contributed by atoms with E-state index >= 15 is 0 Å². The van der Waals surface area contributed by atoms with Crippen LogP contribution in [0.5, 0.6) is 0 Å². The summed E-state index contributed by atoms with van der Waals surface area (Å²) in [5.74, 6) is 0. The Labute approximate surface area is 146 Å². The number of thiophene rings is 1. The van der Waals surface area contributed by atoms with Gasteiger partial charge in [0.1, 0.15) is 9.53 Å². The number of rotatable bonds is 3. The standard InChI is InChI=1S/C17H13ClN4OS/c1-2-19-13-7-8-20-16-14(13)12-9-21-22(17(23)15(12)24-16)11-5-3-10(18)4-6-11/h3-9H,2H2,1H3,(H,19,20). The van der Waals surface area contributed by atoms with Gasteiger partial charge in [0, 0.05) is 34.2 Å². The highest BCUT2D eigenvalue weighted by molar-refractivity contribution is 7.25. The molecule has 0 aliphatic rings. The van der Waals surface area contributed by atoms with Gasteiger partial charge in [0.25, 0.3) is 5.56 Å². The van der Waals surface area contributed by atoms with Gasteiger partial charge < -0.3 is 5.32 Å². The van der Waals surface area contributed by atoms with E-state index in [0.29, 0.717) is 15.4 Å². The Hall–Kier alpha value is -2.44. The zero-order chi connectivity index (χ0) is 16.7. The molecule has 0 amide bonds. The molecule has 0 aliphatic carbocycles. The predicted molar refractivity (Wildman–Crippen MR) is 99.7 cm³/mol. The van der Waals surface area contributed by atoms with Crippen molar-refractivity contribution in [2.45, 2.75) is 6.92 Å². The second-order valence-electron chi connectivity index (χ2n) is 5.25. The monoisotopic (exact) mass is 356 g/mol. The Bertz CT molecular complexity index is 1100. The number of pyridine rings is 1. The molecule has 0 unspecified atom stereocenters. The largest absolute Gasteiger partial charge is 0.385 e. The molecule has 3 heterocycles. The SMILES string of the molecule is CCNc1ccnc2sc3c(=O)n(-c4ccc(Cl)cc4)ncc3c12. The molecule has 0 saturated heterocycles. The van der Waals surface area contributed by atoms with Gasteiger partial charge in [-0.1, -0.05) is 11.6 Å². The minimum absolute atomic E-state index is 0.153. The van der Waals surface area contributed by atoms with Crippen molar-refractivity contribution in [3.63, 3.8) is 0 Å². The number of hydrogen-bond acceptors (Lipinski definition) is 5. The van der Waals surface area contributed by atoms with Gasteiger partial charge in [-0.25, -0.2) is 4.98 Å². The van der Waals surface area contributed by atoms with Crippen molar-refractivity contribution in [3.05, 3.63) is 58.1 Å². The summed E-state index contributed by atoms with van der Waals surface area (Å²) in [6.07, 6.45) is 3.48. The van der Waals surface area contributed by atoms with Crippen LogP contribution in [0.1, 0.15) is 6.92 Å². The van der Waals surface area contributed by atoms with Gasteiger partial charge in [0.05, 0.1) is 11.9 Å². The molecule has 0 fully saturated rings. The fraction of sp³-hybridized carbons (Fsp3) is 0.118. The maximum absolute atomic E-state index is 12.9. The first kappa shape index (κ1) is 15.1. The average molecular weight is 357 g/mol. The molecule has 4 rings (SSSR count). The van der Waals surface area contributed by atoms with Crippen LogP contribution in [0.3, 0.4) is 0 Å². The minimum atomic E-state index is -0.153. The molecule has 0 spiro atoms. The zero-order valence-corrected chi connectivity index (χ0v) is 14.4. The van der Waals surface area contributed by atoms with E-state index in [1.165, 1.54) is 16.0 Å². The highest BCUT2D eigenvalue weighted by Gasteiger charge is 2.15. The second kappa shape index (κ2) is 5.89. The lowest BCUT2D eigenvalue weighted by atomic mass is 10.2. The Morgan fingerprint density at radius 2 is 2.04 bits per heavy atom. The zero-order valence-electron chi connectivity index (χ0n) is 12.8. The van der Waals surface area contributed by atoms with E-state index in [1.54, 1.807) is 36.7 Å². The highest BCUT2D eigenvalue weighted by atomic mass is 35.5. The van der Waals surface area contributed by atoms with Crippen LogP contribution in [-0.2, 0) is 0 Å². The molecule has 0 atom stereocenters. The molecule has 1 aromatic carbocycles. The van der Waals surface area contributed by atoms with Crippen LogP contribution in [0.4, 0.5) is 5.69 Å². The van der Waals surface area contributed by atoms with Crippen LogP contribution in [0.25, 0.3) is 26.0 Å². The Morgan fingerprint density at radius 1 is 1.25 bits per heavy atom. The summed E-state index contributed by atoms with van der Waals surface area (Å²) in [7, 11) is 0. The molecule has 120 valence electrons. The van der Waals surface area contributed by atoms with Crippen molar-refractivity contribution in [1.29, 1.82) is 0 Å². The predicted octanol–water partition coefficient (Wildman–Crippen LogP) is 4.08. The van der Waals surface area contributed by atoms with E-state index in [-0.39, 0.29) is 5.56 Å². The van der Waals surface area contributed by atoms with Gasteiger partial charge in [-0.2, -0.15) is 9.78 Å². The topological polar surface area (TPSA) is 59.8 Å². The fourth-order valence-corrected chi connectivity index (χ4v) is 3.89. The van der Waals surface area contributed by atoms with Crippen LogP contribution >= 0.6 is 22.9 Å². The summed E-state index contributed by atoms with van der Waals surface area (Å²) in [6.45, 7) is 2.83. The highest BCUT2D eigenvalue weighted by Crippen LogP contribution is 2.34. The van der Waals surface area contributed by atoms with Crippen LogP contribution in [0.2, 0.25) is 5.02 Å². The summed E-state index contributed by atoms with van der Waals surface area (Å²) in [5, 5.41) is 10.1. The third-order valence-electron chi connectivity index (χ3n) is 3.76. The van der Waals surface area contributed by atoms with E-state index in [4.69, 9.17) is 11.6 Å². The van der Waals surface area contributed by atoms with E-state index in [0.717, 1.165) is 27.8 Å². The average Bonchev–Trinajstić information content (AvgIpc) is 2.97. The molecular formula is C17H13ClN4OS. The van der Waals surface area contributed by atoms with Crippen LogP contribution in [0, 0.1) is 0 Å². The van der Waals surface area contributed by atoms with Crippen molar-refractivity contribution >= 4 is 48.9 Å². The first-order valence-corrected chi connectivity index (χ1v) is 8.68. The molecule has 0 radical (unpaired) electrons. The fourth-order valence-electron chi connectivity index (χ4n) is 2.70. The van der Waals surface area contributed by atoms with E-state index in [1.807, 2.05) is 13.0 Å². The van der Waals surface area contributed by atoms with Crippen molar-refractivity contribution in [3.8, 4) is 5.69 Å². The van der Waals surface area contributed by atoms with Gasteiger partial charge in [-0.05, 0) is 37.3 Å². The third kappa shape index (κ3) is 2.35.